The molecule has 0 radical (unpaired) electrons. The predicted octanol–water partition coefficient (Wildman–Crippen LogP) is 4.04. The number of aromatic nitrogens is 3. The molecule has 2 aromatic carbocycles. The average molecular weight is 455 g/mol. The van der Waals surface area contributed by atoms with E-state index in [0.717, 1.165) is 28.9 Å². The summed E-state index contributed by atoms with van der Waals surface area (Å²) in [6.45, 7) is 7.64. The van der Waals surface area contributed by atoms with Crippen molar-refractivity contribution < 1.29 is 4.79 Å². The van der Waals surface area contributed by atoms with Crippen molar-refractivity contribution in [3.05, 3.63) is 123 Å². The van der Waals surface area contributed by atoms with E-state index in [0.29, 0.717) is 25.1 Å². The van der Waals surface area contributed by atoms with Crippen LogP contribution in [-0.2, 0) is 19.5 Å². The summed E-state index contributed by atoms with van der Waals surface area (Å²) < 4.78 is 3.74. The first-order chi connectivity index (χ1) is 16.4. The quantitative estimate of drug-likeness (QED) is 0.437. The zero-order chi connectivity index (χ0) is 24.1. The second kappa shape index (κ2) is 10.3. The van der Waals surface area contributed by atoms with E-state index in [-0.39, 0.29) is 11.5 Å². The zero-order valence-electron chi connectivity index (χ0n) is 19.9. The minimum Gasteiger partial charge on any atom is -0.352 e. The summed E-state index contributed by atoms with van der Waals surface area (Å²) in [5.74, 6) is -0.234. The maximum atomic E-state index is 12.8. The van der Waals surface area contributed by atoms with Crippen LogP contribution in [0.3, 0.4) is 0 Å². The van der Waals surface area contributed by atoms with Crippen LogP contribution < -0.4 is 10.9 Å². The van der Waals surface area contributed by atoms with Crippen LogP contribution in [0.5, 0.6) is 0 Å². The molecule has 4 rings (SSSR count). The third kappa shape index (κ3) is 5.70. The van der Waals surface area contributed by atoms with Crippen LogP contribution in [0, 0.1) is 20.8 Å². The molecule has 0 aliphatic rings. The summed E-state index contributed by atoms with van der Waals surface area (Å²) in [7, 11) is 0. The Hall–Kier alpha value is -3.93. The number of carbonyl (C=O) groups is 1. The molecule has 34 heavy (non-hydrogen) atoms. The molecule has 0 aliphatic carbocycles. The van der Waals surface area contributed by atoms with Gasteiger partial charge in [-0.1, -0.05) is 59.7 Å². The van der Waals surface area contributed by atoms with E-state index in [9.17, 15) is 9.59 Å². The van der Waals surface area contributed by atoms with Gasteiger partial charge < -0.3 is 14.5 Å². The molecular weight excluding hydrogens is 424 g/mol. The summed E-state index contributed by atoms with van der Waals surface area (Å²) in [5, 5.41) is 2.95. The van der Waals surface area contributed by atoms with Crippen molar-refractivity contribution in [1.82, 2.24) is 19.4 Å². The van der Waals surface area contributed by atoms with Crippen molar-refractivity contribution in [1.29, 1.82) is 0 Å². The molecule has 0 fully saturated rings. The average Bonchev–Trinajstić information content (AvgIpc) is 3.24. The first kappa shape index (κ1) is 23.2. The first-order valence-corrected chi connectivity index (χ1v) is 11.5. The Labute approximate surface area is 199 Å². The second-order valence-electron chi connectivity index (χ2n) is 8.83. The molecule has 0 saturated heterocycles. The smallest absolute Gasteiger partial charge is 0.251 e. The predicted molar refractivity (Wildman–Crippen MR) is 134 cm³/mol. The molecule has 174 valence electrons. The van der Waals surface area contributed by atoms with Gasteiger partial charge in [-0.05, 0) is 37.5 Å². The molecule has 0 aliphatic heterocycles. The lowest BCUT2D eigenvalue weighted by atomic mass is 10.1. The third-order valence-corrected chi connectivity index (χ3v) is 5.94. The van der Waals surface area contributed by atoms with Gasteiger partial charge in [0.1, 0.15) is 0 Å². The molecule has 0 bridgehead atoms. The molecule has 1 amide bonds. The number of hydrogen-bond donors (Lipinski definition) is 1. The number of hydrogen-bond acceptors (Lipinski definition) is 3. The molecular formula is C28H30N4O2. The van der Waals surface area contributed by atoms with Crippen LogP contribution >= 0.6 is 0 Å². The van der Waals surface area contributed by atoms with Gasteiger partial charge in [0.2, 0.25) is 0 Å². The molecule has 0 saturated carbocycles. The number of rotatable bonds is 8. The Balaban J connectivity index is 1.37. The molecule has 0 atom stereocenters. The summed E-state index contributed by atoms with van der Waals surface area (Å²) in [6, 6.07) is 17.9. The van der Waals surface area contributed by atoms with Crippen LogP contribution in [0.2, 0.25) is 0 Å². The number of nitrogens with one attached hydrogen (secondary N) is 1. The van der Waals surface area contributed by atoms with Crippen molar-refractivity contribution in [3.63, 3.8) is 0 Å². The van der Waals surface area contributed by atoms with Crippen molar-refractivity contribution in [2.24, 2.45) is 0 Å². The minimum absolute atomic E-state index is 0.187. The lowest BCUT2D eigenvalue weighted by molar-refractivity contribution is 0.0953. The molecule has 6 heteroatoms. The van der Waals surface area contributed by atoms with Gasteiger partial charge >= 0.3 is 0 Å². The number of pyridine rings is 1. The standard InChI is InChI=1S/C28H30N4O2/c1-20-7-9-23(10-8-20)17-32-19-29-15-25(32)11-12-30-28(34)26-14-27(33)31(16-22(26)3)18-24-6-4-5-21(2)13-24/h4-10,13-16,19H,11-12,17-18H2,1-3H3,(H,30,34). The number of aryl methyl sites for hydroxylation is 3. The van der Waals surface area contributed by atoms with E-state index in [2.05, 4.69) is 52.1 Å². The number of carbonyl (C=O) groups excluding carboxylic acids is 1. The number of nitrogens with zero attached hydrogens (tertiary/aromatic N) is 3. The van der Waals surface area contributed by atoms with Gasteiger partial charge in [0.15, 0.2) is 0 Å². The van der Waals surface area contributed by atoms with Gasteiger partial charge in [0.05, 0.1) is 12.9 Å². The van der Waals surface area contributed by atoms with Crippen molar-refractivity contribution >= 4 is 5.91 Å². The maximum Gasteiger partial charge on any atom is 0.251 e. The normalized spacial score (nSPS) is 10.9. The van der Waals surface area contributed by atoms with Crippen molar-refractivity contribution in [2.75, 3.05) is 6.54 Å². The first-order valence-electron chi connectivity index (χ1n) is 11.5. The highest BCUT2D eigenvalue weighted by Gasteiger charge is 2.12. The number of imidazole rings is 1. The van der Waals surface area contributed by atoms with Gasteiger partial charge in [-0.3, -0.25) is 9.59 Å². The molecule has 2 aromatic heterocycles. The molecule has 0 unspecified atom stereocenters. The van der Waals surface area contributed by atoms with Crippen molar-refractivity contribution in [3.8, 4) is 0 Å². The highest BCUT2D eigenvalue weighted by atomic mass is 16.2. The Bertz CT molecular complexity index is 1350. The van der Waals surface area contributed by atoms with Crippen LogP contribution in [-0.4, -0.2) is 26.6 Å². The van der Waals surface area contributed by atoms with E-state index in [1.807, 2.05) is 44.6 Å². The van der Waals surface area contributed by atoms with Crippen LogP contribution in [0.4, 0.5) is 0 Å². The highest BCUT2D eigenvalue weighted by molar-refractivity contribution is 5.95. The lowest BCUT2D eigenvalue weighted by Gasteiger charge is -2.12. The zero-order valence-corrected chi connectivity index (χ0v) is 19.9. The van der Waals surface area contributed by atoms with Crippen LogP contribution in [0.1, 0.15) is 43.9 Å². The molecule has 4 aromatic rings. The fourth-order valence-corrected chi connectivity index (χ4v) is 4.05. The fraction of sp³-hybridized carbons (Fsp3) is 0.250. The van der Waals surface area contributed by atoms with Gasteiger partial charge in [-0.15, -0.1) is 0 Å². The maximum absolute atomic E-state index is 12.8. The van der Waals surface area contributed by atoms with E-state index < -0.39 is 0 Å². The lowest BCUT2D eigenvalue weighted by Crippen LogP contribution is -2.30. The van der Waals surface area contributed by atoms with E-state index in [1.54, 1.807) is 10.8 Å². The Morgan fingerprint density at radius 3 is 2.44 bits per heavy atom. The summed E-state index contributed by atoms with van der Waals surface area (Å²) in [5.41, 5.74) is 6.69. The van der Waals surface area contributed by atoms with Crippen LogP contribution in [0.15, 0.2) is 78.1 Å². The molecule has 0 spiro atoms. The second-order valence-corrected chi connectivity index (χ2v) is 8.83. The Morgan fingerprint density at radius 2 is 1.68 bits per heavy atom. The van der Waals surface area contributed by atoms with Crippen molar-refractivity contribution in [2.45, 2.75) is 40.3 Å². The fourth-order valence-electron chi connectivity index (χ4n) is 4.05. The van der Waals surface area contributed by atoms with Gasteiger partial charge in [0.25, 0.3) is 11.5 Å². The minimum atomic E-state index is -0.234. The summed E-state index contributed by atoms with van der Waals surface area (Å²) in [4.78, 5) is 29.7. The molecule has 6 nitrogen and oxygen atoms in total. The topological polar surface area (TPSA) is 68.9 Å². The van der Waals surface area contributed by atoms with Gasteiger partial charge in [-0.2, -0.15) is 0 Å². The van der Waals surface area contributed by atoms with E-state index >= 15 is 0 Å². The SMILES string of the molecule is Cc1ccc(Cn2cncc2CCNC(=O)c2cc(=O)n(Cc3cccc(C)c3)cc2C)cc1. The summed E-state index contributed by atoms with van der Waals surface area (Å²) in [6.07, 6.45) is 6.06. The van der Waals surface area contributed by atoms with E-state index in [1.165, 1.54) is 17.2 Å². The Morgan fingerprint density at radius 1 is 0.912 bits per heavy atom. The monoisotopic (exact) mass is 454 g/mol. The number of benzene rings is 2. The summed E-state index contributed by atoms with van der Waals surface area (Å²) >= 11 is 0. The van der Waals surface area contributed by atoms with E-state index in [4.69, 9.17) is 0 Å². The highest BCUT2D eigenvalue weighted by Crippen LogP contribution is 2.10. The largest absolute Gasteiger partial charge is 0.352 e. The number of amides is 1. The van der Waals surface area contributed by atoms with Crippen LogP contribution in [0.25, 0.3) is 0 Å². The third-order valence-electron chi connectivity index (χ3n) is 5.94. The Kier molecular flexibility index (Phi) is 7.07. The van der Waals surface area contributed by atoms with Gasteiger partial charge in [-0.25, -0.2) is 4.98 Å². The molecule has 1 N–H and O–H groups in total. The van der Waals surface area contributed by atoms with Gasteiger partial charge in [0, 0.05) is 49.2 Å². The molecule has 2 heterocycles.